The van der Waals surface area contributed by atoms with Gasteiger partial charge in [0.25, 0.3) is 0 Å². The number of hydrogen-bond donors (Lipinski definition) is 1. The van der Waals surface area contributed by atoms with E-state index in [-0.39, 0.29) is 5.54 Å². The SMILES string of the molecule is CC(C)C1CCCN1c1cc(Br)ccc1CNC(C)(C)C. The van der Waals surface area contributed by atoms with E-state index in [4.69, 9.17) is 0 Å². The highest BCUT2D eigenvalue weighted by molar-refractivity contribution is 9.10. The Labute approximate surface area is 138 Å². The van der Waals surface area contributed by atoms with Gasteiger partial charge in [-0.3, -0.25) is 0 Å². The molecule has 1 heterocycles. The van der Waals surface area contributed by atoms with Crippen molar-refractivity contribution in [3.05, 3.63) is 28.2 Å². The molecule has 118 valence electrons. The van der Waals surface area contributed by atoms with Crippen LogP contribution in [0.1, 0.15) is 53.0 Å². The van der Waals surface area contributed by atoms with E-state index in [1.165, 1.54) is 35.1 Å². The largest absolute Gasteiger partial charge is 0.368 e. The maximum absolute atomic E-state index is 3.64. The lowest BCUT2D eigenvalue weighted by Crippen LogP contribution is -2.37. The molecule has 1 saturated heterocycles. The summed E-state index contributed by atoms with van der Waals surface area (Å²) in [5, 5.41) is 3.62. The molecular formula is C18H29BrN2. The maximum atomic E-state index is 3.64. The average Bonchev–Trinajstić information content (AvgIpc) is 2.85. The van der Waals surface area contributed by atoms with Gasteiger partial charge in [0.15, 0.2) is 0 Å². The second-order valence-corrected chi connectivity index (χ2v) is 8.44. The Morgan fingerprint density at radius 3 is 2.67 bits per heavy atom. The lowest BCUT2D eigenvalue weighted by atomic mass is 10.0. The number of rotatable bonds is 4. The van der Waals surface area contributed by atoms with Crippen molar-refractivity contribution in [1.82, 2.24) is 5.32 Å². The number of anilines is 1. The van der Waals surface area contributed by atoms with Crippen molar-refractivity contribution in [1.29, 1.82) is 0 Å². The van der Waals surface area contributed by atoms with Gasteiger partial charge in [-0.15, -0.1) is 0 Å². The molecule has 1 unspecified atom stereocenters. The highest BCUT2D eigenvalue weighted by atomic mass is 79.9. The van der Waals surface area contributed by atoms with Crippen molar-refractivity contribution >= 4 is 21.6 Å². The highest BCUT2D eigenvalue weighted by Crippen LogP contribution is 2.34. The van der Waals surface area contributed by atoms with Gasteiger partial charge in [-0.25, -0.2) is 0 Å². The Bertz CT molecular complexity index is 477. The summed E-state index contributed by atoms with van der Waals surface area (Å²) in [6.07, 6.45) is 2.62. The molecule has 1 aliphatic heterocycles. The second kappa shape index (κ2) is 6.70. The third kappa shape index (κ3) is 4.46. The minimum Gasteiger partial charge on any atom is -0.368 e. The molecule has 0 saturated carbocycles. The van der Waals surface area contributed by atoms with E-state index in [9.17, 15) is 0 Å². The van der Waals surface area contributed by atoms with Crippen LogP contribution in [0, 0.1) is 5.92 Å². The molecule has 0 radical (unpaired) electrons. The first-order valence-corrected chi connectivity index (χ1v) is 8.87. The summed E-state index contributed by atoms with van der Waals surface area (Å²) in [5.41, 5.74) is 2.95. The predicted octanol–water partition coefficient (Wildman–Crippen LogP) is 4.96. The van der Waals surface area contributed by atoms with Crippen LogP contribution in [0.25, 0.3) is 0 Å². The molecule has 0 bridgehead atoms. The molecule has 0 amide bonds. The van der Waals surface area contributed by atoms with E-state index in [2.05, 4.69) is 79.0 Å². The quantitative estimate of drug-likeness (QED) is 0.823. The smallest absolute Gasteiger partial charge is 0.0425 e. The molecule has 2 rings (SSSR count). The van der Waals surface area contributed by atoms with E-state index in [0.29, 0.717) is 12.0 Å². The molecule has 21 heavy (non-hydrogen) atoms. The van der Waals surface area contributed by atoms with Gasteiger partial charge in [-0.05, 0) is 57.2 Å². The average molecular weight is 353 g/mol. The van der Waals surface area contributed by atoms with E-state index < -0.39 is 0 Å². The summed E-state index contributed by atoms with van der Waals surface area (Å²) in [7, 11) is 0. The first kappa shape index (κ1) is 16.8. The highest BCUT2D eigenvalue weighted by Gasteiger charge is 2.28. The molecular weight excluding hydrogens is 324 g/mol. The Kier molecular flexibility index (Phi) is 5.37. The van der Waals surface area contributed by atoms with E-state index in [1.807, 2.05) is 0 Å². The van der Waals surface area contributed by atoms with E-state index in [1.54, 1.807) is 0 Å². The molecule has 0 spiro atoms. The van der Waals surface area contributed by atoms with Gasteiger partial charge in [-0.1, -0.05) is 35.8 Å². The van der Waals surface area contributed by atoms with Crippen LogP contribution in [-0.2, 0) is 6.54 Å². The van der Waals surface area contributed by atoms with Gasteiger partial charge < -0.3 is 10.2 Å². The monoisotopic (exact) mass is 352 g/mol. The van der Waals surface area contributed by atoms with Crippen LogP contribution in [0.3, 0.4) is 0 Å². The summed E-state index contributed by atoms with van der Waals surface area (Å²) in [6.45, 7) is 13.5. The Balaban J connectivity index is 2.26. The Morgan fingerprint density at radius 1 is 1.33 bits per heavy atom. The summed E-state index contributed by atoms with van der Waals surface area (Å²) in [6, 6.07) is 7.38. The van der Waals surface area contributed by atoms with Crippen molar-refractivity contribution in [2.24, 2.45) is 5.92 Å². The zero-order valence-electron chi connectivity index (χ0n) is 14.0. The molecule has 0 aliphatic carbocycles. The van der Waals surface area contributed by atoms with Gasteiger partial charge >= 0.3 is 0 Å². The Morgan fingerprint density at radius 2 is 2.05 bits per heavy atom. The first-order chi connectivity index (χ1) is 9.78. The van der Waals surface area contributed by atoms with Gasteiger partial charge in [-0.2, -0.15) is 0 Å². The molecule has 0 aromatic heterocycles. The van der Waals surface area contributed by atoms with Gasteiger partial charge in [0.1, 0.15) is 0 Å². The van der Waals surface area contributed by atoms with Crippen LogP contribution in [0.15, 0.2) is 22.7 Å². The van der Waals surface area contributed by atoms with Crippen molar-refractivity contribution in [3.8, 4) is 0 Å². The second-order valence-electron chi connectivity index (χ2n) is 7.52. The predicted molar refractivity (Wildman–Crippen MR) is 95.9 cm³/mol. The topological polar surface area (TPSA) is 15.3 Å². The molecule has 3 heteroatoms. The summed E-state index contributed by atoms with van der Waals surface area (Å²) < 4.78 is 1.17. The molecule has 2 nitrogen and oxygen atoms in total. The van der Waals surface area contributed by atoms with Gasteiger partial charge in [0, 0.05) is 34.8 Å². The standard InChI is InChI=1S/C18H29BrN2/c1-13(2)16-7-6-10-21(16)17-11-15(19)9-8-14(17)12-20-18(3,4)5/h8-9,11,13,16,20H,6-7,10,12H2,1-5H3. The summed E-state index contributed by atoms with van der Waals surface area (Å²) >= 11 is 3.64. The van der Waals surface area contributed by atoms with E-state index in [0.717, 1.165) is 6.54 Å². The zero-order chi connectivity index (χ0) is 15.6. The lowest BCUT2D eigenvalue weighted by Gasteiger charge is -2.32. The van der Waals surface area contributed by atoms with Crippen LogP contribution in [0.4, 0.5) is 5.69 Å². The molecule has 1 aliphatic rings. The minimum absolute atomic E-state index is 0.146. The normalized spacial score (nSPS) is 19.6. The van der Waals surface area contributed by atoms with E-state index >= 15 is 0 Å². The maximum Gasteiger partial charge on any atom is 0.0425 e. The molecule has 1 fully saturated rings. The van der Waals surface area contributed by atoms with Crippen LogP contribution in [0.2, 0.25) is 0 Å². The van der Waals surface area contributed by atoms with Crippen LogP contribution in [0.5, 0.6) is 0 Å². The van der Waals surface area contributed by atoms with Crippen molar-refractivity contribution < 1.29 is 0 Å². The van der Waals surface area contributed by atoms with Crippen molar-refractivity contribution in [2.45, 2.75) is 65.6 Å². The fraction of sp³-hybridized carbons (Fsp3) is 0.667. The molecule has 1 aromatic rings. The third-order valence-electron chi connectivity index (χ3n) is 4.23. The number of nitrogens with zero attached hydrogens (tertiary/aromatic N) is 1. The van der Waals surface area contributed by atoms with Crippen LogP contribution < -0.4 is 10.2 Å². The van der Waals surface area contributed by atoms with Crippen LogP contribution >= 0.6 is 15.9 Å². The zero-order valence-corrected chi connectivity index (χ0v) is 15.6. The number of halogens is 1. The summed E-state index contributed by atoms with van der Waals surface area (Å²) in [5.74, 6) is 0.704. The number of benzene rings is 1. The van der Waals surface area contributed by atoms with Crippen LogP contribution in [-0.4, -0.2) is 18.1 Å². The lowest BCUT2D eigenvalue weighted by molar-refractivity contribution is 0.423. The fourth-order valence-electron chi connectivity index (χ4n) is 3.10. The molecule has 1 N–H and O–H groups in total. The first-order valence-electron chi connectivity index (χ1n) is 8.08. The third-order valence-corrected chi connectivity index (χ3v) is 4.73. The molecule has 1 aromatic carbocycles. The van der Waals surface area contributed by atoms with Crippen molar-refractivity contribution in [2.75, 3.05) is 11.4 Å². The fourth-order valence-corrected chi connectivity index (χ4v) is 3.45. The van der Waals surface area contributed by atoms with Gasteiger partial charge in [0.05, 0.1) is 0 Å². The Hall–Kier alpha value is -0.540. The van der Waals surface area contributed by atoms with Crippen molar-refractivity contribution in [3.63, 3.8) is 0 Å². The minimum atomic E-state index is 0.146. The summed E-state index contributed by atoms with van der Waals surface area (Å²) in [4.78, 5) is 2.62. The molecule has 1 atom stereocenters. The number of hydrogen-bond acceptors (Lipinski definition) is 2. The number of nitrogens with one attached hydrogen (secondary N) is 1. The van der Waals surface area contributed by atoms with Gasteiger partial charge in [0.2, 0.25) is 0 Å².